The van der Waals surface area contributed by atoms with Gasteiger partial charge >= 0.3 is 0 Å². The second kappa shape index (κ2) is 15.0. The first-order chi connectivity index (χ1) is 23.2. The smallest absolute Gasteiger partial charge is 0.255 e. The molecule has 5 aromatic rings. The van der Waals surface area contributed by atoms with Gasteiger partial charge in [0, 0.05) is 37.8 Å². The summed E-state index contributed by atoms with van der Waals surface area (Å²) in [6.45, 7) is 6.28. The number of nitrogens with one attached hydrogen (secondary N) is 2. The van der Waals surface area contributed by atoms with Crippen LogP contribution in [0, 0.1) is 6.92 Å². The number of aryl methyl sites for hydroxylation is 1. The van der Waals surface area contributed by atoms with Crippen molar-refractivity contribution in [3.05, 3.63) is 134 Å². The number of fused-ring (bicyclic) bond motifs is 1. The van der Waals surface area contributed by atoms with Crippen molar-refractivity contribution in [1.29, 1.82) is 0 Å². The van der Waals surface area contributed by atoms with Crippen LogP contribution in [0.2, 0.25) is 15.1 Å². The summed E-state index contributed by atoms with van der Waals surface area (Å²) in [6.07, 6.45) is 0. The molecule has 8 nitrogen and oxygen atoms in total. The first-order valence-corrected chi connectivity index (χ1v) is 17.3. The van der Waals surface area contributed by atoms with Gasteiger partial charge in [-0.15, -0.1) is 5.10 Å². The van der Waals surface area contributed by atoms with Gasteiger partial charge in [-0.1, -0.05) is 89.0 Å². The second-order valence-corrected chi connectivity index (χ2v) is 13.2. The van der Waals surface area contributed by atoms with Gasteiger partial charge in [0.15, 0.2) is 11.5 Å². The second-order valence-electron chi connectivity index (χ2n) is 11.1. The average molecular weight is 721 g/mol. The number of benzene rings is 4. The Balaban J connectivity index is 1.37. The molecule has 0 saturated heterocycles. The standard InChI is InChI=1S/C36H32Cl3N5O3S/c1-4-46-31-18-23(15-16-30(31)47-19-26-28(38)13-8-14-29(26)39)33-32(34(45)41-25-11-7-9-21(2)17-25)22(3)40-35-42-36(43-44(33)35)48-20-24-10-5-6-12-27(24)37/h5-18,33H,4,19-20H2,1-3H3,(H,41,45)(H,40,42,43). The fraction of sp³-hybridized carbons (Fsp3) is 0.194. The van der Waals surface area contributed by atoms with Crippen molar-refractivity contribution in [2.24, 2.45) is 0 Å². The van der Waals surface area contributed by atoms with E-state index in [0.29, 0.717) is 72.6 Å². The molecule has 4 aromatic carbocycles. The van der Waals surface area contributed by atoms with E-state index >= 15 is 0 Å². The molecule has 1 aliphatic heterocycles. The van der Waals surface area contributed by atoms with Crippen LogP contribution in [0.1, 0.15) is 42.1 Å². The Labute approximate surface area is 298 Å². The SMILES string of the molecule is CCOc1cc(C2C(C(=O)Nc3cccc(C)c3)=C(C)Nc3nc(SCc4ccccc4Cl)nn32)ccc1OCc1c(Cl)cccc1Cl. The van der Waals surface area contributed by atoms with Crippen molar-refractivity contribution in [3.63, 3.8) is 0 Å². The summed E-state index contributed by atoms with van der Waals surface area (Å²) < 4.78 is 14.0. The van der Waals surface area contributed by atoms with E-state index in [2.05, 4.69) is 10.6 Å². The van der Waals surface area contributed by atoms with E-state index in [1.54, 1.807) is 22.9 Å². The van der Waals surface area contributed by atoms with Crippen LogP contribution in [-0.4, -0.2) is 27.3 Å². The molecule has 1 aliphatic rings. The number of halogens is 3. The van der Waals surface area contributed by atoms with Gasteiger partial charge in [0.1, 0.15) is 12.6 Å². The summed E-state index contributed by atoms with van der Waals surface area (Å²) in [5.41, 5.74) is 5.26. The zero-order valence-electron chi connectivity index (χ0n) is 26.4. The maximum absolute atomic E-state index is 14.1. The minimum atomic E-state index is -0.639. The molecule has 2 N–H and O–H groups in total. The molecule has 2 heterocycles. The van der Waals surface area contributed by atoms with E-state index in [1.165, 1.54) is 11.8 Å². The van der Waals surface area contributed by atoms with E-state index in [4.69, 9.17) is 54.4 Å². The third kappa shape index (κ3) is 7.45. The number of hydrogen-bond donors (Lipinski definition) is 2. The van der Waals surface area contributed by atoms with Crippen LogP contribution >= 0.6 is 46.6 Å². The van der Waals surface area contributed by atoms with E-state index in [0.717, 1.165) is 16.7 Å². The lowest BCUT2D eigenvalue weighted by atomic mass is 9.94. The lowest BCUT2D eigenvalue weighted by molar-refractivity contribution is -0.113. The fourth-order valence-corrected chi connectivity index (χ4v) is 7.00. The highest BCUT2D eigenvalue weighted by atomic mass is 35.5. The Morgan fingerprint density at radius 3 is 2.42 bits per heavy atom. The largest absolute Gasteiger partial charge is 0.490 e. The normalized spacial score (nSPS) is 13.9. The average Bonchev–Trinajstić information content (AvgIpc) is 3.46. The van der Waals surface area contributed by atoms with Gasteiger partial charge in [-0.05, 0) is 79.9 Å². The Morgan fingerprint density at radius 2 is 1.67 bits per heavy atom. The van der Waals surface area contributed by atoms with Crippen molar-refractivity contribution in [2.45, 2.75) is 44.3 Å². The molecule has 0 spiro atoms. The summed E-state index contributed by atoms with van der Waals surface area (Å²) in [5.74, 6) is 1.83. The molecule has 1 unspecified atom stereocenters. The molecule has 0 radical (unpaired) electrons. The van der Waals surface area contributed by atoms with Gasteiger partial charge in [0.25, 0.3) is 5.91 Å². The summed E-state index contributed by atoms with van der Waals surface area (Å²) in [7, 11) is 0. The topological polar surface area (TPSA) is 90.3 Å². The van der Waals surface area contributed by atoms with Crippen LogP contribution in [0.15, 0.2) is 101 Å². The maximum Gasteiger partial charge on any atom is 0.255 e. The first kappa shape index (κ1) is 33.7. The van der Waals surface area contributed by atoms with Gasteiger partial charge in [0.2, 0.25) is 11.1 Å². The van der Waals surface area contributed by atoms with Gasteiger partial charge in [-0.25, -0.2) is 4.68 Å². The van der Waals surface area contributed by atoms with Crippen LogP contribution < -0.4 is 20.1 Å². The number of carbonyl (C=O) groups excluding carboxylic acids is 1. The van der Waals surface area contributed by atoms with E-state index in [1.807, 2.05) is 87.5 Å². The number of carbonyl (C=O) groups is 1. The summed E-state index contributed by atoms with van der Waals surface area (Å²) >= 11 is 20.7. The number of amides is 1. The van der Waals surface area contributed by atoms with Gasteiger partial charge < -0.3 is 20.1 Å². The van der Waals surface area contributed by atoms with Crippen molar-refractivity contribution in [3.8, 4) is 11.5 Å². The van der Waals surface area contributed by atoms with Crippen molar-refractivity contribution >= 4 is 64.1 Å². The van der Waals surface area contributed by atoms with Gasteiger partial charge in [-0.2, -0.15) is 4.98 Å². The minimum Gasteiger partial charge on any atom is -0.490 e. The lowest BCUT2D eigenvalue weighted by Crippen LogP contribution is -2.31. The molecule has 0 saturated carbocycles. The van der Waals surface area contributed by atoms with Crippen LogP contribution in [0.4, 0.5) is 11.6 Å². The summed E-state index contributed by atoms with van der Waals surface area (Å²) in [4.78, 5) is 18.8. The molecular weight excluding hydrogens is 689 g/mol. The number of ether oxygens (including phenoxy) is 2. The van der Waals surface area contributed by atoms with E-state index < -0.39 is 6.04 Å². The molecule has 1 aromatic heterocycles. The summed E-state index contributed by atoms with van der Waals surface area (Å²) in [5, 5.41) is 13.5. The number of hydrogen-bond acceptors (Lipinski definition) is 7. The maximum atomic E-state index is 14.1. The number of thioether (sulfide) groups is 1. The highest BCUT2D eigenvalue weighted by molar-refractivity contribution is 7.98. The zero-order valence-corrected chi connectivity index (χ0v) is 29.5. The molecule has 48 heavy (non-hydrogen) atoms. The third-order valence-electron chi connectivity index (χ3n) is 7.69. The highest BCUT2D eigenvalue weighted by Crippen LogP contribution is 2.41. The molecule has 0 aliphatic carbocycles. The molecule has 6 rings (SSSR count). The van der Waals surface area contributed by atoms with Crippen molar-refractivity contribution in [1.82, 2.24) is 14.8 Å². The fourth-order valence-electron chi connectivity index (χ4n) is 5.38. The number of anilines is 2. The molecule has 1 atom stereocenters. The lowest BCUT2D eigenvalue weighted by Gasteiger charge is -2.29. The highest BCUT2D eigenvalue weighted by Gasteiger charge is 2.35. The van der Waals surface area contributed by atoms with Crippen LogP contribution in [-0.2, 0) is 17.2 Å². The third-order valence-corrected chi connectivity index (χ3v) is 9.65. The molecule has 0 fully saturated rings. The predicted octanol–water partition coefficient (Wildman–Crippen LogP) is 9.74. The minimum absolute atomic E-state index is 0.147. The van der Waals surface area contributed by atoms with Gasteiger partial charge in [0.05, 0.1) is 12.2 Å². The van der Waals surface area contributed by atoms with Crippen LogP contribution in [0.3, 0.4) is 0 Å². The Kier molecular flexibility index (Phi) is 10.5. The number of rotatable bonds is 11. The van der Waals surface area contributed by atoms with Crippen LogP contribution in [0.25, 0.3) is 0 Å². The number of allylic oxidation sites excluding steroid dienone is 1. The molecule has 0 bridgehead atoms. The van der Waals surface area contributed by atoms with Crippen molar-refractivity contribution in [2.75, 3.05) is 17.2 Å². The summed E-state index contributed by atoms with van der Waals surface area (Å²) in [6, 6.07) is 25.6. The molecular formula is C36H32Cl3N5O3S. The predicted molar refractivity (Wildman–Crippen MR) is 194 cm³/mol. The van der Waals surface area contributed by atoms with E-state index in [-0.39, 0.29) is 12.5 Å². The molecule has 246 valence electrons. The monoisotopic (exact) mass is 719 g/mol. The Bertz CT molecular complexity index is 1990. The van der Waals surface area contributed by atoms with Crippen molar-refractivity contribution < 1.29 is 14.3 Å². The number of nitrogens with zero attached hydrogens (tertiary/aromatic N) is 3. The molecule has 1 amide bonds. The van der Waals surface area contributed by atoms with Gasteiger partial charge in [-0.3, -0.25) is 4.79 Å². The Morgan fingerprint density at radius 1 is 0.917 bits per heavy atom. The van der Waals surface area contributed by atoms with E-state index in [9.17, 15) is 4.79 Å². The zero-order chi connectivity index (χ0) is 33.8. The first-order valence-electron chi connectivity index (χ1n) is 15.2. The quantitative estimate of drug-likeness (QED) is 0.131. The Hall–Kier alpha value is -4.15. The number of aromatic nitrogens is 3. The van der Waals surface area contributed by atoms with Crippen LogP contribution in [0.5, 0.6) is 11.5 Å². The molecule has 12 heteroatoms.